The molecule has 0 spiro atoms. The van der Waals surface area contributed by atoms with Gasteiger partial charge < -0.3 is 0 Å². The van der Waals surface area contributed by atoms with E-state index in [0.717, 1.165) is 25.5 Å². The number of carbonyl (C=O) groups is 1. The van der Waals surface area contributed by atoms with E-state index in [9.17, 15) is 4.79 Å². The summed E-state index contributed by atoms with van der Waals surface area (Å²) in [5.41, 5.74) is 2.04. The maximum atomic E-state index is 10.1. The molecule has 0 aliphatic rings. The van der Waals surface area contributed by atoms with E-state index in [1.54, 1.807) is 0 Å². The maximum Gasteiger partial charge on any atom is 0.146 e. The molecule has 0 unspecified atom stereocenters. The summed E-state index contributed by atoms with van der Waals surface area (Å²) in [6.07, 6.45) is 3.76. The summed E-state index contributed by atoms with van der Waals surface area (Å²) >= 11 is 5.31. The van der Waals surface area contributed by atoms with E-state index in [1.165, 1.54) is 5.54 Å². The second-order valence-corrected chi connectivity index (χ2v) is 2.12. The van der Waals surface area contributed by atoms with Crippen LogP contribution < -0.4 is 0 Å². The zero-order valence-corrected chi connectivity index (χ0v) is 6.32. The lowest BCUT2D eigenvalue weighted by molar-refractivity contribution is -0.105. The molecule has 0 fully saturated rings. The van der Waals surface area contributed by atoms with Crippen molar-refractivity contribution in [3.8, 4) is 0 Å². The minimum absolute atomic E-state index is 0.693. The summed E-state index contributed by atoms with van der Waals surface area (Å²) in [7, 11) is 0. The SMILES string of the molecule is CCCC/C(C=O)=C\Cl. The minimum Gasteiger partial charge on any atom is -0.298 e. The Morgan fingerprint density at radius 3 is 2.67 bits per heavy atom. The van der Waals surface area contributed by atoms with Gasteiger partial charge >= 0.3 is 0 Å². The van der Waals surface area contributed by atoms with E-state index in [4.69, 9.17) is 11.6 Å². The number of carbonyl (C=O) groups excluding carboxylic acids is 1. The molecule has 0 aromatic rings. The van der Waals surface area contributed by atoms with Crippen LogP contribution in [-0.2, 0) is 4.79 Å². The predicted octanol–water partition coefficient (Wildman–Crippen LogP) is 2.50. The number of hydrogen-bond acceptors (Lipinski definition) is 1. The maximum absolute atomic E-state index is 10.1. The number of halogens is 1. The Labute approximate surface area is 60.7 Å². The Bertz CT molecular complexity index is 107. The second kappa shape index (κ2) is 5.83. The van der Waals surface area contributed by atoms with Crippen LogP contribution in [0.3, 0.4) is 0 Å². The quantitative estimate of drug-likeness (QED) is 0.440. The van der Waals surface area contributed by atoms with Crippen molar-refractivity contribution in [2.45, 2.75) is 26.2 Å². The average Bonchev–Trinajstić information content (AvgIpc) is 1.91. The molecule has 0 amide bonds. The van der Waals surface area contributed by atoms with Crippen molar-refractivity contribution in [2.75, 3.05) is 0 Å². The Kier molecular flexibility index (Phi) is 5.64. The van der Waals surface area contributed by atoms with Crippen LogP contribution in [0.15, 0.2) is 11.1 Å². The fourth-order valence-electron chi connectivity index (χ4n) is 0.520. The molecular formula is C7H11ClO. The van der Waals surface area contributed by atoms with Crippen LogP contribution in [0, 0.1) is 0 Å². The van der Waals surface area contributed by atoms with E-state index < -0.39 is 0 Å². The minimum atomic E-state index is 0.693. The number of unbranched alkanes of at least 4 members (excludes halogenated alkanes) is 1. The molecule has 0 aromatic carbocycles. The molecule has 0 rings (SSSR count). The number of allylic oxidation sites excluding steroid dienone is 1. The summed E-state index contributed by atoms with van der Waals surface area (Å²) in [6, 6.07) is 0. The molecule has 0 aliphatic heterocycles. The van der Waals surface area contributed by atoms with Crippen molar-refractivity contribution in [3.05, 3.63) is 11.1 Å². The zero-order valence-electron chi connectivity index (χ0n) is 5.56. The fraction of sp³-hybridized carbons (Fsp3) is 0.571. The Morgan fingerprint density at radius 1 is 1.67 bits per heavy atom. The van der Waals surface area contributed by atoms with Crippen LogP contribution in [0.2, 0.25) is 0 Å². The highest BCUT2D eigenvalue weighted by atomic mass is 35.5. The normalized spacial score (nSPS) is 11.6. The highest BCUT2D eigenvalue weighted by Crippen LogP contribution is 2.04. The summed E-state index contributed by atoms with van der Waals surface area (Å²) in [5.74, 6) is 0. The van der Waals surface area contributed by atoms with Gasteiger partial charge in [-0.3, -0.25) is 4.79 Å². The summed E-state index contributed by atoms with van der Waals surface area (Å²) < 4.78 is 0. The zero-order chi connectivity index (χ0) is 7.11. The summed E-state index contributed by atoms with van der Waals surface area (Å²) in [4.78, 5) is 10.1. The molecule has 2 heteroatoms. The topological polar surface area (TPSA) is 17.1 Å². The second-order valence-electron chi connectivity index (χ2n) is 1.91. The smallest absolute Gasteiger partial charge is 0.146 e. The van der Waals surface area contributed by atoms with E-state index in [-0.39, 0.29) is 0 Å². The van der Waals surface area contributed by atoms with Crippen molar-refractivity contribution in [2.24, 2.45) is 0 Å². The van der Waals surface area contributed by atoms with Gasteiger partial charge in [-0.25, -0.2) is 0 Å². The lowest BCUT2D eigenvalue weighted by atomic mass is 10.1. The van der Waals surface area contributed by atoms with E-state index in [2.05, 4.69) is 6.92 Å². The van der Waals surface area contributed by atoms with Gasteiger partial charge in [0.25, 0.3) is 0 Å². The molecule has 0 N–H and O–H groups in total. The third kappa shape index (κ3) is 4.22. The highest BCUT2D eigenvalue weighted by molar-refractivity contribution is 6.26. The number of aldehydes is 1. The fourth-order valence-corrected chi connectivity index (χ4v) is 0.681. The third-order valence-electron chi connectivity index (χ3n) is 1.11. The van der Waals surface area contributed by atoms with Crippen molar-refractivity contribution in [1.29, 1.82) is 0 Å². The number of hydrogen-bond donors (Lipinski definition) is 0. The first-order chi connectivity index (χ1) is 4.35. The van der Waals surface area contributed by atoms with Gasteiger partial charge in [-0.2, -0.15) is 0 Å². The Hall–Kier alpha value is -0.300. The molecular weight excluding hydrogens is 136 g/mol. The number of rotatable bonds is 4. The van der Waals surface area contributed by atoms with Crippen molar-refractivity contribution in [1.82, 2.24) is 0 Å². The van der Waals surface area contributed by atoms with Crippen LogP contribution >= 0.6 is 11.6 Å². The van der Waals surface area contributed by atoms with Crippen LogP contribution in [0.25, 0.3) is 0 Å². The van der Waals surface area contributed by atoms with Gasteiger partial charge in [-0.15, -0.1) is 0 Å². The molecule has 1 nitrogen and oxygen atoms in total. The predicted molar refractivity (Wildman–Crippen MR) is 39.5 cm³/mol. The lowest BCUT2D eigenvalue weighted by Crippen LogP contribution is -1.82. The first-order valence-electron chi connectivity index (χ1n) is 3.09. The molecule has 9 heavy (non-hydrogen) atoms. The molecule has 0 saturated heterocycles. The highest BCUT2D eigenvalue weighted by Gasteiger charge is 1.91. The average molecular weight is 147 g/mol. The molecule has 0 aromatic heterocycles. The van der Waals surface area contributed by atoms with Gasteiger partial charge in [0.1, 0.15) is 6.29 Å². The van der Waals surface area contributed by atoms with Crippen LogP contribution in [0.5, 0.6) is 0 Å². The lowest BCUT2D eigenvalue weighted by Gasteiger charge is -1.92. The van der Waals surface area contributed by atoms with Crippen molar-refractivity contribution in [3.63, 3.8) is 0 Å². The third-order valence-corrected chi connectivity index (χ3v) is 1.39. The molecule has 0 heterocycles. The first kappa shape index (κ1) is 8.70. The van der Waals surface area contributed by atoms with Crippen molar-refractivity contribution < 1.29 is 4.79 Å². The van der Waals surface area contributed by atoms with Gasteiger partial charge in [-0.1, -0.05) is 24.9 Å². The molecule has 0 bridgehead atoms. The van der Waals surface area contributed by atoms with Crippen LogP contribution in [0.1, 0.15) is 26.2 Å². The van der Waals surface area contributed by atoms with E-state index in [0.29, 0.717) is 5.57 Å². The molecule has 0 aliphatic carbocycles. The van der Waals surface area contributed by atoms with E-state index in [1.807, 2.05) is 0 Å². The monoisotopic (exact) mass is 146 g/mol. The first-order valence-corrected chi connectivity index (χ1v) is 3.53. The summed E-state index contributed by atoms with van der Waals surface area (Å²) in [6.45, 7) is 2.08. The van der Waals surface area contributed by atoms with Crippen LogP contribution in [0.4, 0.5) is 0 Å². The van der Waals surface area contributed by atoms with Gasteiger partial charge in [0.05, 0.1) is 0 Å². The van der Waals surface area contributed by atoms with Crippen LogP contribution in [-0.4, -0.2) is 6.29 Å². The Balaban J connectivity index is 3.45. The van der Waals surface area contributed by atoms with Crippen molar-refractivity contribution >= 4 is 17.9 Å². The van der Waals surface area contributed by atoms with E-state index >= 15 is 0 Å². The standard InChI is InChI=1S/C7H11ClO/c1-2-3-4-7(5-8)6-9/h5-6H,2-4H2,1H3/b7-5+. The summed E-state index contributed by atoms with van der Waals surface area (Å²) in [5, 5.41) is 0. The van der Waals surface area contributed by atoms with Gasteiger partial charge in [0, 0.05) is 11.1 Å². The molecule has 0 radical (unpaired) electrons. The van der Waals surface area contributed by atoms with Gasteiger partial charge in [0.15, 0.2) is 0 Å². The largest absolute Gasteiger partial charge is 0.298 e. The van der Waals surface area contributed by atoms with Gasteiger partial charge in [-0.05, 0) is 12.8 Å². The molecule has 0 saturated carbocycles. The Morgan fingerprint density at radius 2 is 2.33 bits per heavy atom. The molecule has 52 valence electrons. The molecule has 0 atom stereocenters. The van der Waals surface area contributed by atoms with Gasteiger partial charge in [0.2, 0.25) is 0 Å².